The summed E-state index contributed by atoms with van der Waals surface area (Å²) in [4.78, 5) is 38.8. The summed E-state index contributed by atoms with van der Waals surface area (Å²) in [6.07, 6.45) is 0. The maximum Gasteiger partial charge on any atom is 0.345 e. The van der Waals surface area contributed by atoms with E-state index in [4.69, 9.17) is 14.2 Å². The van der Waals surface area contributed by atoms with Crippen molar-refractivity contribution >= 4 is 171 Å². The van der Waals surface area contributed by atoms with Crippen molar-refractivity contribution in [1.29, 1.82) is 0 Å². The molecule has 0 unspecified atom stereocenters. The Kier molecular flexibility index (Phi) is 13.0. The Morgan fingerprint density at radius 3 is 1.00 bits per heavy atom. The second kappa shape index (κ2) is 15.6. The largest absolute Gasteiger partial charge is 0.744 e. The van der Waals surface area contributed by atoms with Crippen molar-refractivity contribution in [2.75, 3.05) is 0 Å². The van der Waals surface area contributed by atoms with Gasteiger partial charge in [0.2, 0.25) is 0 Å². The van der Waals surface area contributed by atoms with E-state index in [2.05, 4.69) is 143 Å². The van der Waals surface area contributed by atoms with Gasteiger partial charge in [0.1, 0.15) is 20.8 Å². The van der Waals surface area contributed by atoms with Crippen LogP contribution in [0, 0.1) is 0 Å². The minimum atomic E-state index is -5.52. The highest BCUT2D eigenvalue weighted by atomic mass is 79.9. The Morgan fingerprint density at radius 2 is 0.739 bits per heavy atom. The molecule has 4 aromatic rings. The number of halogens is 9. The van der Waals surface area contributed by atoms with Crippen LogP contribution in [0.4, 0.5) is 0 Å². The van der Waals surface area contributed by atoms with Crippen LogP contribution >= 0.6 is 143 Å². The molecule has 0 saturated carbocycles. The first kappa shape index (κ1) is 38.3. The van der Waals surface area contributed by atoms with Crippen molar-refractivity contribution in [2.45, 2.75) is 4.90 Å². The summed E-state index contributed by atoms with van der Waals surface area (Å²) >= 11 is 29.4. The summed E-state index contributed by atoms with van der Waals surface area (Å²) in [7, 11) is -5.52. The molecule has 0 aliphatic heterocycles. The fourth-order valence-electron chi connectivity index (χ4n) is 3.68. The van der Waals surface area contributed by atoms with Crippen LogP contribution in [0.2, 0.25) is 0 Å². The molecule has 240 valence electrons. The number of hydrogen-bond donors (Lipinski definition) is 0. The lowest BCUT2D eigenvalue weighted by Crippen LogP contribution is -2.17. The lowest BCUT2D eigenvalue weighted by Gasteiger charge is -2.19. The Morgan fingerprint density at radius 1 is 0.478 bits per heavy atom. The van der Waals surface area contributed by atoms with E-state index in [1.807, 2.05) is 0 Å². The van der Waals surface area contributed by atoms with Crippen molar-refractivity contribution in [3.05, 3.63) is 105 Å². The third-order valence-corrected chi connectivity index (χ3v) is 11.5. The zero-order chi connectivity index (χ0) is 34.2. The molecule has 0 spiro atoms. The molecule has 0 saturated heterocycles. The Labute approximate surface area is 336 Å². The van der Waals surface area contributed by atoms with Gasteiger partial charge in [-0.05, 0) is 132 Å². The van der Waals surface area contributed by atoms with Crippen LogP contribution in [0.15, 0.2) is 93.7 Å². The molecule has 0 fully saturated rings. The average Bonchev–Trinajstić information content (AvgIpc) is 2.85. The second-order valence-corrected chi connectivity index (χ2v) is 17.8. The molecule has 0 aliphatic carbocycles. The van der Waals surface area contributed by atoms with Crippen LogP contribution in [0.3, 0.4) is 0 Å². The van der Waals surface area contributed by atoms with E-state index in [0.717, 1.165) is 12.1 Å². The fraction of sp³-hybridized carbons (Fsp3) is 0. The highest BCUT2D eigenvalue weighted by Gasteiger charge is 2.29. The fourth-order valence-corrected chi connectivity index (χ4v) is 12.1. The molecule has 0 aliphatic rings. The maximum atomic E-state index is 13.4. The molecule has 0 bridgehead atoms. The SMILES string of the molecule is O=C(Oc1cc(OC(=O)c2c(Br)cc(Br)cc2Br)c(S(=O)(=O)[O-])c(OC(=O)c2c(Br)cc(Br)cc2Br)c1)c1c(Br)cc(Br)cc1Br. The topological polar surface area (TPSA) is 136 Å². The van der Waals surface area contributed by atoms with Crippen LogP contribution in [0.1, 0.15) is 31.1 Å². The lowest BCUT2D eigenvalue weighted by molar-refractivity contribution is 0.0720. The summed E-state index contributed by atoms with van der Waals surface area (Å²) < 4.78 is 57.7. The third kappa shape index (κ3) is 9.00. The van der Waals surface area contributed by atoms with Gasteiger partial charge in [-0.15, -0.1) is 0 Å². The summed E-state index contributed by atoms with van der Waals surface area (Å²) in [6, 6.07) is 10.9. The number of hydrogen-bond acceptors (Lipinski definition) is 9. The van der Waals surface area contributed by atoms with Gasteiger partial charge >= 0.3 is 17.9 Å². The summed E-state index contributed by atoms with van der Waals surface area (Å²) in [5.41, 5.74) is -0.126. The zero-order valence-corrected chi connectivity index (χ0v) is 36.7. The van der Waals surface area contributed by atoms with Crippen molar-refractivity contribution in [2.24, 2.45) is 0 Å². The molecule has 0 radical (unpaired) electrons. The van der Waals surface area contributed by atoms with Gasteiger partial charge in [0.25, 0.3) is 0 Å². The molecule has 19 heteroatoms. The van der Waals surface area contributed by atoms with E-state index >= 15 is 0 Å². The average molecular weight is 1230 g/mol. The summed E-state index contributed by atoms with van der Waals surface area (Å²) in [6.45, 7) is 0. The molecule has 0 aromatic heterocycles. The van der Waals surface area contributed by atoms with E-state index < -0.39 is 50.2 Å². The Bertz CT molecular complexity index is 1910. The number of ether oxygens (including phenoxy) is 3. The normalized spacial score (nSPS) is 11.3. The molecule has 0 N–H and O–H groups in total. The van der Waals surface area contributed by atoms with E-state index in [9.17, 15) is 27.4 Å². The van der Waals surface area contributed by atoms with E-state index in [1.165, 1.54) is 24.3 Å². The molecule has 0 amide bonds. The van der Waals surface area contributed by atoms with Crippen molar-refractivity contribution in [3.63, 3.8) is 0 Å². The van der Waals surface area contributed by atoms with Gasteiger partial charge in [0.05, 0.1) is 16.7 Å². The van der Waals surface area contributed by atoms with Crippen LogP contribution in [0.25, 0.3) is 0 Å². The van der Waals surface area contributed by atoms with Crippen molar-refractivity contribution < 1.29 is 41.6 Å². The molecule has 4 aromatic carbocycles. The third-order valence-electron chi connectivity index (χ3n) is 5.49. The number of esters is 3. The van der Waals surface area contributed by atoms with Crippen LogP contribution < -0.4 is 14.2 Å². The number of benzene rings is 4. The van der Waals surface area contributed by atoms with E-state index in [0.29, 0.717) is 22.4 Å². The predicted molar refractivity (Wildman–Crippen MR) is 198 cm³/mol. The predicted octanol–water partition coefficient (Wildman–Crippen LogP) is 11.1. The first-order chi connectivity index (χ1) is 21.4. The summed E-state index contributed by atoms with van der Waals surface area (Å²) in [5, 5.41) is 0. The van der Waals surface area contributed by atoms with Gasteiger partial charge in [-0.2, -0.15) is 0 Å². The first-order valence-electron chi connectivity index (χ1n) is 11.6. The summed E-state index contributed by atoms with van der Waals surface area (Å²) in [5.74, 6) is -5.37. The highest BCUT2D eigenvalue weighted by Crippen LogP contribution is 2.41. The highest BCUT2D eigenvalue weighted by molar-refractivity contribution is 9.12. The monoisotopic (exact) mass is 1220 g/mol. The van der Waals surface area contributed by atoms with E-state index in [1.54, 1.807) is 12.1 Å². The van der Waals surface area contributed by atoms with Crippen LogP contribution in [-0.2, 0) is 10.1 Å². The van der Waals surface area contributed by atoms with Crippen molar-refractivity contribution in [1.82, 2.24) is 0 Å². The molecule has 0 atom stereocenters. The van der Waals surface area contributed by atoms with Gasteiger partial charge in [-0.3, -0.25) is 0 Å². The zero-order valence-electron chi connectivity index (χ0n) is 21.6. The Balaban J connectivity index is 1.90. The van der Waals surface area contributed by atoms with Gasteiger partial charge in [0.15, 0.2) is 11.5 Å². The maximum absolute atomic E-state index is 13.4. The van der Waals surface area contributed by atoms with Gasteiger partial charge in [-0.1, -0.05) is 47.8 Å². The van der Waals surface area contributed by atoms with Gasteiger partial charge in [0, 0.05) is 52.4 Å². The van der Waals surface area contributed by atoms with Gasteiger partial charge in [-0.25, -0.2) is 22.8 Å². The minimum Gasteiger partial charge on any atom is -0.744 e. The molecular weight excluding hydrogens is 1220 g/mol. The molecular formula is C27H8Br9O9S-. The number of carbonyl (C=O) groups is 3. The number of rotatable bonds is 7. The smallest absolute Gasteiger partial charge is 0.345 e. The molecule has 4 rings (SSSR count). The van der Waals surface area contributed by atoms with Crippen LogP contribution in [-0.4, -0.2) is 30.9 Å². The molecule has 46 heavy (non-hydrogen) atoms. The van der Waals surface area contributed by atoms with Crippen LogP contribution in [0.5, 0.6) is 17.2 Å². The van der Waals surface area contributed by atoms with Gasteiger partial charge < -0.3 is 18.8 Å². The number of carbonyl (C=O) groups excluding carboxylic acids is 3. The second-order valence-electron chi connectivity index (χ2n) is 8.60. The standard InChI is InChI=1S/C27H9Br9O9S/c28-9-1-13(31)21(14(32)2-9)25(37)43-12-7-19(44-26(38)22-15(33)3-10(29)4-16(22)34)24(46(40,41)42)20(8-12)45-27(39)23-17(35)5-11(30)6-18(23)36/h1-8H,(H,40,41,42)/p-1. The first-order valence-corrected chi connectivity index (χ1v) is 20.2. The minimum absolute atomic E-state index is 0.0336. The lowest BCUT2D eigenvalue weighted by atomic mass is 10.2. The molecule has 0 heterocycles. The van der Waals surface area contributed by atoms with E-state index in [-0.39, 0.29) is 34.6 Å². The Hall–Kier alpha value is -0.480. The quantitative estimate of drug-likeness (QED) is 0.101. The molecule has 9 nitrogen and oxygen atoms in total. The van der Waals surface area contributed by atoms with Crippen molar-refractivity contribution in [3.8, 4) is 17.2 Å².